The lowest BCUT2D eigenvalue weighted by molar-refractivity contribution is 0.692. The van der Waals surface area contributed by atoms with Gasteiger partial charge in [0.15, 0.2) is 5.13 Å². The summed E-state index contributed by atoms with van der Waals surface area (Å²) in [5, 5.41) is 4.63. The molecule has 0 amide bonds. The van der Waals surface area contributed by atoms with E-state index in [1.807, 2.05) is 0 Å². The molecule has 0 radical (unpaired) electrons. The molecule has 3 heteroatoms. The van der Waals surface area contributed by atoms with Crippen molar-refractivity contribution >= 4 is 16.5 Å². The molecule has 1 aromatic rings. The first kappa shape index (κ1) is 9.97. The maximum Gasteiger partial charge on any atom is 0.183 e. The number of hydrogen-bond donors (Lipinski definition) is 1. The third-order valence-corrected chi connectivity index (χ3v) is 3.92. The van der Waals surface area contributed by atoms with Gasteiger partial charge in [0.1, 0.15) is 0 Å². The number of nitrogens with zero attached hydrogens (tertiary/aromatic N) is 1. The molecule has 1 N–H and O–H groups in total. The molecule has 2 atom stereocenters. The number of hydrogen-bond acceptors (Lipinski definition) is 3. The summed E-state index contributed by atoms with van der Waals surface area (Å²) in [6.45, 7) is 6.47. The van der Waals surface area contributed by atoms with Crippen molar-refractivity contribution in [1.29, 1.82) is 0 Å². The summed E-state index contributed by atoms with van der Waals surface area (Å²) in [4.78, 5) is 5.83. The van der Waals surface area contributed by atoms with E-state index in [9.17, 15) is 0 Å². The first-order valence-corrected chi connectivity index (χ1v) is 6.23. The van der Waals surface area contributed by atoms with Gasteiger partial charge in [0.25, 0.3) is 0 Å². The van der Waals surface area contributed by atoms with Gasteiger partial charge in [-0.05, 0) is 32.6 Å². The van der Waals surface area contributed by atoms with Gasteiger partial charge in [-0.15, -0.1) is 11.3 Å². The van der Waals surface area contributed by atoms with Crippen LogP contribution in [0.1, 0.15) is 36.8 Å². The minimum atomic E-state index is 0.708. The quantitative estimate of drug-likeness (QED) is 0.824. The Kier molecular flexibility index (Phi) is 2.77. The minimum Gasteiger partial charge on any atom is -0.358 e. The van der Waals surface area contributed by atoms with E-state index < -0.39 is 0 Å². The van der Waals surface area contributed by atoms with Crippen LogP contribution < -0.4 is 5.32 Å². The summed E-state index contributed by atoms with van der Waals surface area (Å²) in [6, 6.07) is 0.708. The fraction of sp³-hybridized carbons (Fsp3) is 0.727. The monoisotopic (exact) mass is 210 g/mol. The molecular weight excluding hydrogens is 192 g/mol. The van der Waals surface area contributed by atoms with E-state index in [2.05, 4.69) is 31.1 Å². The predicted molar refractivity (Wildman–Crippen MR) is 62.0 cm³/mol. The average Bonchev–Trinajstić information content (AvgIpc) is 2.75. The summed E-state index contributed by atoms with van der Waals surface area (Å²) in [7, 11) is 0. The van der Waals surface area contributed by atoms with Crippen molar-refractivity contribution in [3.05, 3.63) is 10.6 Å². The number of nitrogens with one attached hydrogen (secondary N) is 1. The Balaban J connectivity index is 1.87. The Bertz CT molecular complexity index is 300. The zero-order chi connectivity index (χ0) is 10.1. The van der Waals surface area contributed by atoms with Gasteiger partial charge >= 0.3 is 0 Å². The van der Waals surface area contributed by atoms with Crippen molar-refractivity contribution in [3.8, 4) is 0 Å². The van der Waals surface area contributed by atoms with Gasteiger partial charge in [-0.2, -0.15) is 0 Å². The predicted octanol–water partition coefficient (Wildman–Crippen LogP) is 3.36. The van der Waals surface area contributed by atoms with Gasteiger partial charge in [-0.25, -0.2) is 4.98 Å². The Hall–Kier alpha value is -0.570. The maximum atomic E-state index is 4.49. The molecule has 0 spiro atoms. The summed E-state index contributed by atoms with van der Waals surface area (Å²) in [5.41, 5.74) is 1.17. The third-order valence-electron chi connectivity index (χ3n) is 2.92. The van der Waals surface area contributed by atoms with Crippen LogP contribution in [0.2, 0.25) is 0 Å². The fourth-order valence-corrected chi connectivity index (χ4v) is 2.68. The van der Waals surface area contributed by atoms with Crippen LogP contribution in [0.3, 0.4) is 0 Å². The van der Waals surface area contributed by atoms with Crippen LogP contribution in [0.4, 0.5) is 5.13 Å². The van der Waals surface area contributed by atoms with Crippen LogP contribution in [0.25, 0.3) is 0 Å². The summed E-state index contributed by atoms with van der Waals surface area (Å²) in [5.74, 6) is 0.907. The molecule has 78 valence electrons. The van der Waals surface area contributed by atoms with Crippen molar-refractivity contribution in [1.82, 2.24) is 4.98 Å². The molecule has 1 aromatic heterocycles. The molecule has 1 heterocycles. The van der Waals surface area contributed by atoms with E-state index in [1.54, 1.807) is 11.3 Å². The van der Waals surface area contributed by atoms with Crippen LogP contribution in [0, 0.1) is 19.8 Å². The van der Waals surface area contributed by atoms with Gasteiger partial charge in [-0.1, -0.05) is 13.3 Å². The third kappa shape index (κ3) is 2.08. The molecule has 2 unspecified atom stereocenters. The van der Waals surface area contributed by atoms with Gasteiger partial charge in [-0.3, -0.25) is 0 Å². The van der Waals surface area contributed by atoms with Gasteiger partial charge in [0.2, 0.25) is 0 Å². The lowest BCUT2D eigenvalue weighted by Crippen LogP contribution is -2.03. The Morgan fingerprint density at radius 3 is 2.86 bits per heavy atom. The summed E-state index contributed by atoms with van der Waals surface area (Å²) >= 11 is 1.78. The largest absolute Gasteiger partial charge is 0.358 e. The van der Waals surface area contributed by atoms with Gasteiger partial charge in [0.05, 0.1) is 5.69 Å². The van der Waals surface area contributed by atoms with E-state index in [-0.39, 0.29) is 0 Å². The highest BCUT2D eigenvalue weighted by atomic mass is 32.1. The highest BCUT2D eigenvalue weighted by molar-refractivity contribution is 7.15. The second kappa shape index (κ2) is 3.89. The van der Waals surface area contributed by atoms with E-state index in [0.717, 1.165) is 11.0 Å². The molecule has 2 nitrogen and oxygen atoms in total. The lowest BCUT2D eigenvalue weighted by atomic mass is 10.2. The van der Waals surface area contributed by atoms with E-state index >= 15 is 0 Å². The van der Waals surface area contributed by atoms with Crippen LogP contribution >= 0.6 is 11.3 Å². The van der Waals surface area contributed by atoms with E-state index in [0.29, 0.717) is 6.04 Å². The number of thiazole rings is 1. The first-order valence-electron chi connectivity index (χ1n) is 5.41. The summed E-state index contributed by atoms with van der Waals surface area (Å²) in [6.07, 6.45) is 4.01. The molecule has 0 aliphatic heterocycles. The molecule has 1 saturated carbocycles. The molecule has 1 aliphatic rings. The molecule has 0 bridgehead atoms. The second-order valence-corrected chi connectivity index (χ2v) is 5.40. The van der Waals surface area contributed by atoms with Crippen LogP contribution in [0.15, 0.2) is 0 Å². The zero-order valence-corrected chi connectivity index (χ0v) is 9.95. The second-order valence-electron chi connectivity index (χ2n) is 4.20. The van der Waals surface area contributed by atoms with Crippen molar-refractivity contribution in [2.45, 2.75) is 46.1 Å². The first-order chi connectivity index (χ1) is 6.70. The number of aromatic nitrogens is 1. The Labute approximate surface area is 89.8 Å². The molecule has 1 fully saturated rings. The molecular formula is C11H18N2S. The lowest BCUT2D eigenvalue weighted by Gasteiger charge is -1.99. The minimum absolute atomic E-state index is 0.708. The SMILES string of the molecule is CCCC1CC1Nc1nc(C)c(C)s1. The smallest absolute Gasteiger partial charge is 0.183 e. The number of anilines is 1. The van der Waals surface area contributed by atoms with Crippen LogP contribution in [-0.4, -0.2) is 11.0 Å². The van der Waals surface area contributed by atoms with Gasteiger partial charge in [0, 0.05) is 10.9 Å². The highest BCUT2D eigenvalue weighted by Crippen LogP contribution is 2.38. The van der Waals surface area contributed by atoms with Crippen molar-refractivity contribution in [2.24, 2.45) is 5.92 Å². The Morgan fingerprint density at radius 1 is 1.50 bits per heavy atom. The molecule has 0 aromatic carbocycles. The van der Waals surface area contributed by atoms with Crippen molar-refractivity contribution in [3.63, 3.8) is 0 Å². The van der Waals surface area contributed by atoms with Crippen molar-refractivity contribution < 1.29 is 0 Å². The standard InChI is InChI=1S/C11H18N2S/c1-4-5-9-6-10(9)13-11-12-7(2)8(3)14-11/h9-10H,4-6H2,1-3H3,(H,12,13). The molecule has 1 aliphatic carbocycles. The topological polar surface area (TPSA) is 24.9 Å². The van der Waals surface area contributed by atoms with Gasteiger partial charge < -0.3 is 5.32 Å². The summed E-state index contributed by atoms with van der Waals surface area (Å²) < 4.78 is 0. The van der Waals surface area contributed by atoms with Crippen molar-refractivity contribution in [2.75, 3.05) is 5.32 Å². The fourth-order valence-electron chi connectivity index (χ4n) is 1.81. The van der Waals surface area contributed by atoms with Crippen LogP contribution in [0.5, 0.6) is 0 Å². The normalized spacial score (nSPS) is 25.1. The average molecular weight is 210 g/mol. The van der Waals surface area contributed by atoms with E-state index in [1.165, 1.54) is 29.8 Å². The van der Waals surface area contributed by atoms with Crippen LogP contribution in [-0.2, 0) is 0 Å². The molecule has 0 saturated heterocycles. The molecule has 14 heavy (non-hydrogen) atoms. The zero-order valence-electron chi connectivity index (χ0n) is 9.13. The number of aryl methyl sites for hydroxylation is 2. The Morgan fingerprint density at radius 2 is 2.29 bits per heavy atom. The molecule has 2 rings (SSSR count). The maximum absolute atomic E-state index is 4.49. The number of rotatable bonds is 4. The highest BCUT2D eigenvalue weighted by Gasteiger charge is 2.36. The van der Waals surface area contributed by atoms with E-state index in [4.69, 9.17) is 0 Å².